The number of fused-ring (bicyclic) bond motifs is 1. The first-order chi connectivity index (χ1) is 17.9. The van der Waals surface area contributed by atoms with Crippen molar-refractivity contribution in [1.29, 1.82) is 0 Å². The largest absolute Gasteiger partial charge is 0.379 e. The number of aromatic nitrogens is 1. The van der Waals surface area contributed by atoms with Crippen LogP contribution >= 0.6 is 34.3 Å². The number of thiophene rings is 1. The summed E-state index contributed by atoms with van der Waals surface area (Å²) in [5.74, 6) is -0.208. The van der Waals surface area contributed by atoms with Crippen molar-refractivity contribution in [3.63, 3.8) is 0 Å². The number of thiazole rings is 1. The number of amides is 1. The number of rotatable bonds is 9. The summed E-state index contributed by atoms with van der Waals surface area (Å²) in [5.41, 5.74) is 2.07. The van der Waals surface area contributed by atoms with Crippen molar-refractivity contribution in [2.24, 2.45) is 0 Å². The van der Waals surface area contributed by atoms with Crippen LogP contribution in [-0.2, 0) is 26.0 Å². The van der Waals surface area contributed by atoms with Crippen LogP contribution in [0.25, 0.3) is 10.2 Å². The fraction of sp³-hybridized carbons (Fsp3) is 0.520. The molecule has 0 radical (unpaired) electrons. The molecule has 0 aliphatic carbocycles. The summed E-state index contributed by atoms with van der Waals surface area (Å²) in [5, 5.41) is 0.624. The van der Waals surface area contributed by atoms with E-state index >= 15 is 0 Å². The molecule has 1 atom stereocenters. The number of ether oxygens (including phenoxy) is 1. The van der Waals surface area contributed by atoms with Crippen LogP contribution in [-0.4, -0.2) is 80.5 Å². The van der Waals surface area contributed by atoms with Gasteiger partial charge in [0.2, 0.25) is 5.91 Å². The van der Waals surface area contributed by atoms with Gasteiger partial charge in [-0.15, -0.1) is 11.3 Å². The second-order valence-electron chi connectivity index (χ2n) is 9.28. The van der Waals surface area contributed by atoms with Gasteiger partial charge in [-0.2, -0.15) is 4.31 Å². The fourth-order valence-electron chi connectivity index (χ4n) is 4.88. The number of hydrogen-bond donors (Lipinski definition) is 0. The maximum Gasteiger partial charge on any atom is 0.253 e. The lowest BCUT2D eigenvalue weighted by molar-refractivity contribution is -0.121. The average Bonchev–Trinajstić information content (AvgIpc) is 3.66. The van der Waals surface area contributed by atoms with Gasteiger partial charge in [0.05, 0.1) is 27.8 Å². The molecule has 4 heterocycles. The number of benzene rings is 1. The Morgan fingerprint density at radius 3 is 2.73 bits per heavy atom. The maximum atomic E-state index is 14.1. The molecule has 37 heavy (non-hydrogen) atoms. The molecule has 0 bridgehead atoms. The van der Waals surface area contributed by atoms with E-state index in [-0.39, 0.29) is 10.1 Å². The third-order valence-electron chi connectivity index (χ3n) is 6.91. The minimum atomic E-state index is -3.82. The van der Waals surface area contributed by atoms with E-state index in [1.165, 1.54) is 27.3 Å². The van der Waals surface area contributed by atoms with Crippen molar-refractivity contribution in [2.75, 3.05) is 50.8 Å². The SMILES string of the molecule is CCc1ccc2nc(N(CCCN3CCOCC3)C(=O)C3CCCN3S(=O)(=O)c3ccc(Cl)s3)sc2c1. The molecule has 200 valence electrons. The van der Waals surface area contributed by atoms with Crippen molar-refractivity contribution in [3.8, 4) is 0 Å². The Morgan fingerprint density at radius 2 is 2.00 bits per heavy atom. The quantitative estimate of drug-likeness (QED) is 0.370. The molecule has 0 N–H and O–H groups in total. The number of anilines is 1. The molecule has 0 saturated carbocycles. The Bertz CT molecular complexity index is 1350. The summed E-state index contributed by atoms with van der Waals surface area (Å²) in [6.45, 7) is 6.96. The molecule has 8 nitrogen and oxygen atoms in total. The van der Waals surface area contributed by atoms with Crippen LogP contribution in [0.15, 0.2) is 34.5 Å². The number of carbonyl (C=O) groups is 1. The lowest BCUT2D eigenvalue weighted by Crippen LogP contribution is -2.48. The Kier molecular flexibility index (Phi) is 8.49. The van der Waals surface area contributed by atoms with Crippen molar-refractivity contribution in [1.82, 2.24) is 14.2 Å². The van der Waals surface area contributed by atoms with Crippen LogP contribution in [0.4, 0.5) is 5.13 Å². The third-order valence-corrected chi connectivity index (χ3v) is 11.6. The molecule has 5 rings (SSSR count). The van der Waals surface area contributed by atoms with E-state index in [1.54, 1.807) is 11.0 Å². The molecule has 3 aromatic rings. The van der Waals surface area contributed by atoms with Crippen molar-refractivity contribution in [3.05, 3.63) is 40.2 Å². The highest BCUT2D eigenvalue weighted by atomic mass is 35.5. The molecule has 1 amide bonds. The molecule has 1 aromatic carbocycles. The van der Waals surface area contributed by atoms with Crippen LogP contribution in [0.3, 0.4) is 0 Å². The number of hydrogen-bond acceptors (Lipinski definition) is 8. The Labute approximate surface area is 230 Å². The van der Waals surface area contributed by atoms with Gasteiger partial charge >= 0.3 is 0 Å². The Hall–Kier alpha value is -1.60. The summed E-state index contributed by atoms with van der Waals surface area (Å²) in [6, 6.07) is 8.52. The fourth-order valence-corrected chi connectivity index (χ4v) is 9.20. The topological polar surface area (TPSA) is 83.1 Å². The van der Waals surface area contributed by atoms with Gasteiger partial charge in [0, 0.05) is 32.7 Å². The molecule has 2 aliphatic heterocycles. The number of halogens is 1. The molecule has 2 aliphatic rings. The molecular formula is C25H31ClN4O4S3. The highest BCUT2D eigenvalue weighted by Gasteiger charge is 2.42. The predicted molar refractivity (Wildman–Crippen MR) is 149 cm³/mol. The van der Waals surface area contributed by atoms with Gasteiger partial charge in [0.15, 0.2) is 5.13 Å². The minimum absolute atomic E-state index is 0.170. The smallest absolute Gasteiger partial charge is 0.253 e. The van der Waals surface area contributed by atoms with Crippen LogP contribution < -0.4 is 4.90 Å². The maximum absolute atomic E-state index is 14.1. The van der Waals surface area contributed by atoms with Gasteiger partial charge < -0.3 is 4.74 Å². The normalized spacial score (nSPS) is 19.6. The molecule has 1 unspecified atom stereocenters. The van der Waals surface area contributed by atoms with E-state index in [0.717, 1.165) is 67.2 Å². The third kappa shape index (κ3) is 5.88. The van der Waals surface area contributed by atoms with E-state index < -0.39 is 16.1 Å². The van der Waals surface area contributed by atoms with Gasteiger partial charge in [-0.25, -0.2) is 13.4 Å². The van der Waals surface area contributed by atoms with Gasteiger partial charge in [0.25, 0.3) is 10.0 Å². The highest BCUT2D eigenvalue weighted by molar-refractivity contribution is 7.91. The van der Waals surface area contributed by atoms with Crippen LogP contribution in [0.1, 0.15) is 31.7 Å². The lowest BCUT2D eigenvalue weighted by Gasteiger charge is -2.30. The zero-order chi connectivity index (χ0) is 26.0. The van der Waals surface area contributed by atoms with E-state index in [4.69, 9.17) is 21.3 Å². The average molecular weight is 583 g/mol. The Morgan fingerprint density at radius 1 is 1.19 bits per heavy atom. The summed E-state index contributed by atoms with van der Waals surface area (Å²) < 4.78 is 35.3. The van der Waals surface area contributed by atoms with Crippen molar-refractivity contribution in [2.45, 2.75) is 42.9 Å². The van der Waals surface area contributed by atoms with E-state index in [9.17, 15) is 13.2 Å². The van der Waals surface area contributed by atoms with Crippen LogP contribution in [0.5, 0.6) is 0 Å². The van der Waals surface area contributed by atoms with Gasteiger partial charge in [-0.05, 0) is 55.5 Å². The molecule has 2 saturated heterocycles. The monoisotopic (exact) mass is 582 g/mol. The molecule has 2 aromatic heterocycles. The minimum Gasteiger partial charge on any atom is -0.379 e. The number of morpholine rings is 1. The summed E-state index contributed by atoms with van der Waals surface area (Å²) in [7, 11) is -3.82. The number of nitrogens with zero attached hydrogens (tertiary/aromatic N) is 4. The number of aryl methyl sites for hydroxylation is 1. The van der Waals surface area contributed by atoms with E-state index in [1.807, 2.05) is 6.07 Å². The van der Waals surface area contributed by atoms with Gasteiger partial charge in [-0.3, -0.25) is 14.6 Å². The summed E-state index contributed by atoms with van der Waals surface area (Å²) >= 11 is 8.54. The molecule has 2 fully saturated rings. The molecule has 0 spiro atoms. The molecule has 12 heteroatoms. The Balaban J connectivity index is 1.41. The molecular weight excluding hydrogens is 552 g/mol. The van der Waals surface area contributed by atoms with Gasteiger partial charge in [-0.1, -0.05) is 35.9 Å². The first-order valence-corrected chi connectivity index (χ1v) is 16.1. The van der Waals surface area contributed by atoms with E-state index in [0.29, 0.717) is 35.4 Å². The van der Waals surface area contributed by atoms with E-state index in [2.05, 4.69) is 24.0 Å². The standard InChI is InChI=1S/C25H31ClN4O4S3/c1-2-18-6-7-19-21(17-18)35-25(27-19)29(11-4-10-28-13-15-34-16-14-28)24(31)20-5-3-12-30(20)37(32,33)23-9-8-22(26)36-23/h6-9,17,20H,2-5,10-16H2,1H3. The zero-order valence-corrected chi connectivity index (χ0v) is 24.0. The highest BCUT2D eigenvalue weighted by Crippen LogP contribution is 2.35. The predicted octanol–water partition coefficient (Wildman–Crippen LogP) is 4.48. The van der Waals surface area contributed by atoms with Crippen LogP contribution in [0, 0.1) is 0 Å². The number of carbonyl (C=O) groups excluding carboxylic acids is 1. The summed E-state index contributed by atoms with van der Waals surface area (Å²) in [6.07, 6.45) is 2.81. The summed E-state index contributed by atoms with van der Waals surface area (Å²) in [4.78, 5) is 22.9. The zero-order valence-electron chi connectivity index (χ0n) is 20.8. The number of sulfonamides is 1. The lowest BCUT2D eigenvalue weighted by atomic mass is 10.2. The second-order valence-corrected chi connectivity index (χ2v) is 14.1. The van der Waals surface area contributed by atoms with Crippen molar-refractivity contribution >= 4 is 65.6 Å². The van der Waals surface area contributed by atoms with Crippen molar-refractivity contribution < 1.29 is 17.9 Å². The van der Waals surface area contributed by atoms with Gasteiger partial charge in [0.1, 0.15) is 10.3 Å². The first kappa shape index (κ1) is 27.0. The first-order valence-electron chi connectivity index (χ1n) is 12.6. The van der Waals surface area contributed by atoms with Crippen LogP contribution in [0.2, 0.25) is 4.34 Å². The second kappa shape index (κ2) is 11.6.